The van der Waals surface area contributed by atoms with Crippen molar-refractivity contribution in [1.29, 1.82) is 0 Å². The topological polar surface area (TPSA) is 91.9 Å². The molecule has 1 atom stereocenters. The quantitative estimate of drug-likeness (QED) is 0.420. The van der Waals surface area contributed by atoms with Gasteiger partial charge in [-0.25, -0.2) is 9.97 Å². The smallest absolute Gasteiger partial charge is 0.228 e. The number of thioether (sulfide) groups is 1. The predicted molar refractivity (Wildman–Crippen MR) is 131 cm³/mol. The average molecular weight is 454 g/mol. The molecule has 3 heterocycles. The number of nitrogens with zero attached hydrogens (tertiary/aromatic N) is 2. The number of rotatable bonds is 6. The number of carbonyl (C=O) groups is 1. The molecule has 2 fully saturated rings. The minimum atomic E-state index is 0. The highest BCUT2D eigenvalue weighted by Gasteiger charge is 2.30. The van der Waals surface area contributed by atoms with Crippen LogP contribution in [0.4, 0.5) is 17.2 Å². The molecule has 1 aromatic carbocycles. The summed E-state index contributed by atoms with van der Waals surface area (Å²) in [5.41, 5.74) is 4.62. The highest BCUT2D eigenvalue weighted by molar-refractivity contribution is 7.98. The number of hydrogen-bond donors (Lipinski definition) is 3. The van der Waals surface area contributed by atoms with E-state index in [1.54, 1.807) is 11.8 Å². The van der Waals surface area contributed by atoms with E-state index >= 15 is 0 Å². The molecule has 1 aliphatic heterocycles. The lowest BCUT2D eigenvalue weighted by atomic mass is 9.93. The second kappa shape index (κ2) is 9.50. The Labute approximate surface area is 193 Å². The van der Waals surface area contributed by atoms with Gasteiger partial charge in [0, 0.05) is 29.4 Å². The summed E-state index contributed by atoms with van der Waals surface area (Å²) in [6.07, 6.45) is 6.28. The molecule has 1 saturated heterocycles. The molecule has 8 heteroatoms. The molecule has 170 valence electrons. The third kappa shape index (κ3) is 4.76. The summed E-state index contributed by atoms with van der Waals surface area (Å²) >= 11 is 1.72. The van der Waals surface area contributed by atoms with Crippen molar-refractivity contribution in [3.8, 4) is 0 Å². The molecule has 1 saturated carbocycles. The number of benzene rings is 1. The number of pyridine rings is 1. The van der Waals surface area contributed by atoms with Crippen LogP contribution in [0.5, 0.6) is 0 Å². The van der Waals surface area contributed by atoms with Crippen LogP contribution in [0.1, 0.15) is 50.4 Å². The lowest BCUT2D eigenvalue weighted by Crippen LogP contribution is -2.15. The number of amides is 1. The van der Waals surface area contributed by atoms with E-state index in [1.165, 1.54) is 16.9 Å². The molecule has 5 rings (SSSR count). The van der Waals surface area contributed by atoms with Crippen LogP contribution in [0, 0.1) is 12.8 Å². The van der Waals surface area contributed by atoms with Crippen molar-refractivity contribution in [3.63, 3.8) is 0 Å². The molecule has 1 unspecified atom stereocenters. The van der Waals surface area contributed by atoms with E-state index in [0.717, 1.165) is 55.2 Å². The van der Waals surface area contributed by atoms with E-state index in [-0.39, 0.29) is 19.3 Å². The predicted octanol–water partition coefficient (Wildman–Crippen LogP) is 5.61. The Morgan fingerprint density at radius 1 is 1.19 bits per heavy atom. The maximum atomic E-state index is 12.3. The number of nitrogens with one attached hydrogen (secondary N) is 3. The van der Waals surface area contributed by atoms with Crippen LogP contribution in [0.25, 0.3) is 11.2 Å². The number of ether oxygens (including phenoxy) is 1. The standard InChI is InChI=1S/C23H27N5O2S.CH4/c1-13-24-21-18(11-20(27-22(21)25-13)28-23(29)14-5-6-14)26-17-8-7-15(10-19(17)31-2)16-4-3-9-30-12-16;/h7-8,10-11,14,16H,3-6,9,12H2,1-2H3,(H3,24,25,26,27,28,29);1H4. The van der Waals surface area contributed by atoms with E-state index in [1.807, 2.05) is 13.0 Å². The summed E-state index contributed by atoms with van der Waals surface area (Å²) in [5.74, 6) is 1.93. The monoisotopic (exact) mass is 453 g/mol. The zero-order chi connectivity index (χ0) is 21.4. The van der Waals surface area contributed by atoms with Crippen molar-refractivity contribution in [2.45, 2.75) is 50.8 Å². The Bertz CT molecular complexity index is 1120. The van der Waals surface area contributed by atoms with Crippen LogP contribution in [-0.4, -0.2) is 40.3 Å². The van der Waals surface area contributed by atoms with Crippen molar-refractivity contribution in [1.82, 2.24) is 15.0 Å². The molecule has 7 nitrogen and oxygen atoms in total. The number of hydrogen-bond acceptors (Lipinski definition) is 6. The van der Waals surface area contributed by atoms with Gasteiger partial charge in [-0.15, -0.1) is 11.8 Å². The Morgan fingerprint density at radius 2 is 2.03 bits per heavy atom. The number of fused-ring (bicyclic) bond motifs is 1. The Morgan fingerprint density at radius 3 is 2.75 bits per heavy atom. The summed E-state index contributed by atoms with van der Waals surface area (Å²) in [6.45, 7) is 3.57. The van der Waals surface area contributed by atoms with Crippen LogP contribution >= 0.6 is 11.8 Å². The lowest BCUT2D eigenvalue weighted by Gasteiger charge is -2.23. The number of anilines is 3. The molecule has 0 radical (unpaired) electrons. The molecule has 2 aromatic heterocycles. The van der Waals surface area contributed by atoms with Gasteiger partial charge in [0.1, 0.15) is 17.2 Å². The molecule has 1 aliphatic carbocycles. The van der Waals surface area contributed by atoms with Crippen molar-refractivity contribution in [3.05, 3.63) is 35.7 Å². The Kier molecular flexibility index (Phi) is 6.71. The van der Waals surface area contributed by atoms with Crippen LogP contribution in [0.3, 0.4) is 0 Å². The Hall–Kier alpha value is -2.58. The third-order valence-electron chi connectivity index (χ3n) is 5.91. The fraction of sp³-hybridized carbons (Fsp3) is 0.458. The maximum absolute atomic E-state index is 12.3. The largest absolute Gasteiger partial charge is 0.381 e. The second-order valence-corrected chi connectivity index (χ2v) is 9.19. The summed E-state index contributed by atoms with van der Waals surface area (Å²) < 4.78 is 5.68. The van der Waals surface area contributed by atoms with E-state index in [0.29, 0.717) is 17.4 Å². The third-order valence-corrected chi connectivity index (χ3v) is 6.68. The number of aromatic nitrogens is 3. The van der Waals surface area contributed by atoms with E-state index in [9.17, 15) is 4.79 Å². The molecule has 3 aromatic rings. The van der Waals surface area contributed by atoms with Gasteiger partial charge in [-0.2, -0.15) is 0 Å². The van der Waals surface area contributed by atoms with Crippen LogP contribution in [0.2, 0.25) is 0 Å². The van der Waals surface area contributed by atoms with E-state index in [4.69, 9.17) is 4.74 Å². The van der Waals surface area contributed by atoms with Gasteiger partial charge < -0.3 is 20.4 Å². The van der Waals surface area contributed by atoms with Gasteiger partial charge in [0.05, 0.1) is 18.0 Å². The molecule has 3 N–H and O–H groups in total. The fourth-order valence-corrected chi connectivity index (χ4v) is 4.65. The molecular weight excluding hydrogens is 422 g/mol. The number of carbonyl (C=O) groups excluding carboxylic acids is 1. The first-order valence-corrected chi connectivity index (χ1v) is 12.0. The fourth-order valence-electron chi connectivity index (χ4n) is 4.05. The van der Waals surface area contributed by atoms with Crippen molar-refractivity contribution >= 4 is 46.0 Å². The lowest BCUT2D eigenvalue weighted by molar-refractivity contribution is -0.117. The second-order valence-electron chi connectivity index (χ2n) is 8.34. The number of aryl methyl sites for hydroxylation is 1. The molecule has 0 spiro atoms. The van der Waals surface area contributed by atoms with E-state index in [2.05, 4.69) is 50.0 Å². The average Bonchev–Trinajstić information content (AvgIpc) is 3.56. The normalized spacial score (nSPS) is 18.2. The molecule has 32 heavy (non-hydrogen) atoms. The van der Waals surface area contributed by atoms with Gasteiger partial charge in [-0.3, -0.25) is 4.79 Å². The first-order valence-electron chi connectivity index (χ1n) is 10.8. The van der Waals surface area contributed by atoms with Crippen LogP contribution in [0.15, 0.2) is 29.2 Å². The number of H-pyrrole nitrogens is 1. The SMILES string of the molecule is C.CSc1cc(C2CCCOC2)ccc1Nc1cc(NC(=O)C2CC2)nc2nc(C)[nH]c12. The van der Waals surface area contributed by atoms with Gasteiger partial charge in [-0.1, -0.05) is 13.5 Å². The molecule has 0 bridgehead atoms. The highest BCUT2D eigenvalue weighted by Crippen LogP contribution is 2.36. The number of aromatic amines is 1. The van der Waals surface area contributed by atoms with E-state index < -0.39 is 0 Å². The minimum Gasteiger partial charge on any atom is -0.381 e. The molecule has 2 aliphatic rings. The highest BCUT2D eigenvalue weighted by atomic mass is 32.2. The van der Waals surface area contributed by atoms with Crippen molar-refractivity contribution in [2.75, 3.05) is 30.1 Å². The summed E-state index contributed by atoms with van der Waals surface area (Å²) in [4.78, 5) is 25.7. The maximum Gasteiger partial charge on any atom is 0.228 e. The Balaban J connectivity index is 0.00000245. The van der Waals surface area contributed by atoms with Gasteiger partial charge in [0.25, 0.3) is 0 Å². The summed E-state index contributed by atoms with van der Waals surface area (Å²) in [6, 6.07) is 8.47. The van der Waals surface area contributed by atoms with Gasteiger partial charge >= 0.3 is 0 Å². The minimum absolute atomic E-state index is 0. The van der Waals surface area contributed by atoms with Gasteiger partial charge in [0.15, 0.2) is 5.65 Å². The van der Waals surface area contributed by atoms with Crippen LogP contribution in [-0.2, 0) is 9.53 Å². The zero-order valence-corrected chi connectivity index (χ0v) is 18.6. The van der Waals surface area contributed by atoms with Gasteiger partial charge in [-0.05, 0) is 56.6 Å². The first-order chi connectivity index (χ1) is 15.1. The summed E-state index contributed by atoms with van der Waals surface area (Å²) in [7, 11) is 0. The van der Waals surface area contributed by atoms with Crippen LogP contribution < -0.4 is 10.6 Å². The van der Waals surface area contributed by atoms with Crippen molar-refractivity contribution in [2.24, 2.45) is 5.92 Å². The molecular formula is C24H31N5O2S. The first kappa shape index (κ1) is 22.6. The molecule has 1 amide bonds. The summed E-state index contributed by atoms with van der Waals surface area (Å²) in [5, 5.41) is 6.50. The van der Waals surface area contributed by atoms with Crippen molar-refractivity contribution < 1.29 is 9.53 Å². The van der Waals surface area contributed by atoms with Gasteiger partial charge in [0.2, 0.25) is 5.91 Å². The number of imidazole rings is 1. The zero-order valence-electron chi connectivity index (χ0n) is 17.8.